The van der Waals surface area contributed by atoms with Crippen molar-refractivity contribution >= 4 is 46.4 Å². The zero-order valence-electron chi connectivity index (χ0n) is 13.7. The van der Waals surface area contributed by atoms with Crippen LogP contribution in [0.1, 0.15) is 23.7 Å². The summed E-state index contributed by atoms with van der Waals surface area (Å²) in [6, 6.07) is 11.9. The van der Waals surface area contributed by atoms with E-state index in [0.717, 1.165) is 6.42 Å². The molecule has 0 fully saturated rings. The van der Waals surface area contributed by atoms with Crippen molar-refractivity contribution in [2.24, 2.45) is 0 Å². The lowest BCUT2D eigenvalue weighted by Crippen LogP contribution is -2.24. The number of hydrogen-bond acceptors (Lipinski definition) is 3. The van der Waals surface area contributed by atoms with Crippen LogP contribution in [-0.4, -0.2) is 24.9 Å². The Bertz CT molecular complexity index is 766. The van der Waals surface area contributed by atoms with Gasteiger partial charge in [0, 0.05) is 23.5 Å². The Labute approximate surface area is 156 Å². The molecule has 0 saturated carbocycles. The van der Waals surface area contributed by atoms with E-state index in [1.165, 1.54) is 0 Å². The first-order chi connectivity index (χ1) is 12.0. The maximum Gasteiger partial charge on any atom is 0.251 e. The van der Waals surface area contributed by atoms with Gasteiger partial charge in [-0.3, -0.25) is 9.59 Å². The van der Waals surface area contributed by atoms with Crippen LogP contribution in [0.4, 0.5) is 11.4 Å². The van der Waals surface area contributed by atoms with E-state index in [1.807, 2.05) is 6.92 Å². The number of benzene rings is 2. The van der Waals surface area contributed by atoms with Gasteiger partial charge in [-0.2, -0.15) is 0 Å². The molecule has 0 aliphatic heterocycles. The minimum absolute atomic E-state index is 0.0558. The van der Waals surface area contributed by atoms with Gasteiger partial charge in [0.1, 0.15) is 0 Å². The molecular weight excluding hydrogens is 361 g/mol. The molecule has 0 unspecified atom stereocenters. The van der Waals surface area contributed by atoms with Crippen molar-refractivity contribution in [3.8, 4) is 0 Å². The molecule has 0 radical (unpaired) electrons. The van der Waals surface area contributed by atoms with Crippen LogP contribution in [0, 0.1) is 0 Å². The number of halogens is 2. The number of rotatable bonds is 7. The summed E-state index contributed by atoms with van der Waals surface area (Å²) in [6.45, 7) is 2.67. The smallest absolute Gasteiger partial charge is 0.251 e. The predicted molar refractivity (Wildman–Crippen MR) is 103 cm³/mol. The zero-order chi connectivity index (χ0) is 18.2. The molecule has 0 atom stereocenters. The predicted octanol–water partition coefficient (Wildman–Crippen LogP) is 4.18. The van der Waals surface area contributed by atoms with Crippen LogP contribution in [0.2, 0.25) is 10.0 Å². The molecule has 25 heavy (non-hydrogen) atoms. The summed E-state index contributed by atoms with van der Waals surface area (Å²) >= 11 is 11.8. The van der Waals surface area contributed by atoms with E-state index >= 15 is 0 Å². The van der Waals surface area contributed by atoms with E-state index < -0.39 is 0 Å². The second-order valence-electron chi connectivity index (χ2n) is 5.37. The molecular formula is C18H19Cl2N3O2. The van der Waals surface area contributed by atoms with Gasteiger partial charge >= 0.3 is 0 Å². The summed E-state index contributed by atoms with van der Waals surface area (Å²) in [5.74, 6) is -0.370. The quantitative estimate of drug-likeness (QED) is 0.675. The lowest BCUT2D eigenvalue weighted by Gasteiger charge is -2.10. The summed E-state index contributed by atoms with van der Waals surface area (Å²) in [5, 5.41) is 9.33. The number of carbonyl (C=O) groups excluding carboxylic acids is 2. The van der Waals surface area contributed by atoms with Gasteiger partial charge in [-0.25, -0.2) is 0 Å². The van der Waals surface area contributed by atoms with E-state index in [-0.39, 0.29) is 18.4 Å². The molecule has 0 aliphatic rings. The van der Waals surface area contributed by atoms with Crippen LogP contribution < -0.4 is 16.0 Å². The van der Waals surface area contributed by atoms with Gasteiger partial charge < -0.3 is 16.0 Å². The second kappa shape index (κ2) is 9.30. The number of nitrogens with one attached hydrogen (secondary N) is 3. The van der Waals surface area contributed by atoms with Crippen LogP contribution in [0.25, 0.3) is 0 Å². The molecule has 132 valence electrons. The highest BCUT2D eigenvalue weighted by Gasteiger charge is 2.07. The minimum Gasteiger partial charge on any atom is -0.376 e. The van der Waals surface area contributed by atoms with E-state index in [1.54, 1.807) is 42.5 Å². The van der Waals surface area contributed by atoms with Crippen molar-refractivity contribution in [2.75, 3.05) is 23.7 Å². The van der Waals surface area contributed by atoms with Crippen LogP contribution in [0.5, 0.6) is 0 Å². The standard InChI is InChI=1S/C18H19Cl2N3O2/c1-2-8-21-18(25)12-4-3-5-13(9-12)22-11-17(24)23-14-6-7-15(19)16(20)10-14/h3-7,9-10,22H,2,8,11H2,1H3,(H,21,25)(H,23,24). The Balaban J connectivity index is 1.90. The molecule has 5 nitrogen and oxygen atoms in total. The molecule has 0 heterocycles. The molecule has 7 heteroatoms. The van der Waals surface area contributed by atoms with Gasteiger partial charge in [0.2, 0.25) is 5.91 Å². The summed E-state index contributed by atoms with van der Waals surface area (Å²) in [6.07, 6.45) is 0.874. The number of carbonyl (C=O) groups is 2. The molecule has 3 N–H and O–H groups in total. The lowest BCUT2D eigenvalue weighted by molar-refractivity contribution is -0.114. The fourth-order valence-electron chi connectivity index (χ4n) is 2.07. The van der Waals surface area contributed by atoms with Crippen LogP contribution in [-0.2, 0) is 4.79 Å². The maximum atomic E-state index is 12.0. The Kier molecular flexibility index (Phi) is 7.10. The molecule has 2 aromatic rings. The van der Waals surface area contributed by atoms with Crippen LogP contribution >= 0.6 is 23.2 Å². The Morgan fingerprint density at radius 1 is 1.00 bits per heavy atom. The van der Waals surface area contributed by atoms with E-state index in [4.69, 9.17) is 23.2 Å². The summed E-state index contributed by atoms with van der Waals surface area (Å²) < 4.78 is 0. The average molecular weight is 380 g/mol. The van der Waals surface area contributed by atoms with Gasteiger partial charge in [0.15, 0.2) is 0 Å². The molecule has 2 rings (SSSR count). The zero-order valence-corrected chi connectivity index (χ0v) is 15.2. The number of anilines is 2. The van der Waals surface area contributed by atoms with Gasteiger partial charge in [-0.1, -0.05) is 36.2 Å². The minimum atomic E-state index is -0.237. The molecule has 0 aliphatic carbocycles. The average Bonchev–Trinajstić information content (AvgIpc) is 2.61. The molecule has 0 spiro atoms. The van der Waals surface area contributed by atoms with E-state index in [9.17, 15) is 9.59 Å². The molecule has 2 amide bonds. The Hall–Kier alpha value is -2.24. The second-order valence-corrected chi connectivity index (χ2v) is 6.18. The first kappa shape index (κ1) is 19.1. The third-order valence-electron chi connectivity index (χ3n) is 3.32. The Morgan fingerprint density at radius 3 is 2.52 bits per heavy atom. The molecule has 0 aromatic heterocycles. The number of amides is 2. The van der Waals surface area contributed by atoms with Crippen molar-refractivity contribution in [3.05, 3.63) is 58.1 Å². The Morgan fingerprint density at radius 2 is 1.80 bits per heavy atom. The highest BCUT2D eigenvalue weighted by Crippen LogP contribution is 2.24. The van der Waals surface area contributed by atoms with Crippen LogP contribution in [0.3, 0.4) is 0 Å². The van der Waals surface area contributed by atoms with Crippen molar-refractivity contribution < 1.29 is 9.59 Å². The highest BCUT2D eigenvalue weighted by molar-refractivity contribution is 6.42. The monoisotopic (exact) mass is 379 g/mol. The normalized spacial score (nSPS) is 10.2. The molecule has 2 aromatic carbocycles. The van der Waals surface area contributed by atoms with Crippen molar-refractivity contribution in [2.45, 2.75) is 13.3 Å². The van der Waals surface area contributed by atoms with Gasteiger partial charge in [-0.15, -0.1) is 0 Å². The van der Waals surface area contributed by atoms with Gasteiger partial charge in [0.05, 0.1) is 16.6 Å². The molecule has 0 saturated heterocycles. The summed E-state index contributed by atoms with van der Waals surface area (Å²) in [7, 11) is 0. The maximum absolute atomic E-state index is 12.0. The summed E-state index contributed by atoms with van der Waals surface area (Å²) in [5.41, 5.74) is 1.80. The lowest BCUT2D eigenvalue weighted by atomic mass is 10.2. The van der Waals surface area contributed by atoms with Crippen molar-refractivity contribution in [3.63, 3.8) is 0 Å². The van der Waals surface area contributed by atoms with Gasteiger partial charge in [-0.05, 0) is 42.8 Å². The number of hydrogen-bond donors (Lipinski definition) is 3. The topological polar surface area (TPSA) is 70.2 Å². The van der Waals surface area contributed by atoms with Crippen molar-refractivity contribution in [1.29, 1.82) is 0 Å². The fraction of sp³-hybridized carbons (Fsp3) is 0.222. The summed E-state index contributed by atoms with van der Waals surface area (Å²) in [4.78, 5) is 24.0. The van der Waals surface area contributed by atoms with Crippen LogP contribution in [0.15, 0.2) is 42.5 Å². The highest BCUT2D eigenvalue weighted by atomic mass is 35.5. The SMILES string of the molecule is CCCNC(=O)c1cccc(NCC(=O)Nc2ccc(Cl)c(Cl)c2)c1. The van der Waals surface area contributed by atoms with E-state index in [0.29, 0.717) is 33.5 Å². The fourth-order valence-corrected chi connectivity index (χ4v) is 2.37. The first-order valence-corrected chi connectivity index (χ1v) is 8.62. The largest absolute Gasteiger partial charge is 0.376 e. The van der Waals surface area contributed by atoms with E-state index in [2.05, 4.69) is 16.0 Å². The van der Waals surface area contributed by atoms with Gasteiger partial charge in [0.25, 0.3) is 5.91 Å². The first-order valence-electron chi connectivity index (χ1n) is 7.86. The molecule has 0 bridgehead atoms. The third-order valence-corrected chi connectivity index (χ3v) is 4.06. The van der Waals surface area contributed by atoms with Crippen molar-refractivity contribution in [1.82, 2.24) is 5.32 Å². The third kappa shape index (κ3) is 5.96.